The molecule has 1 aliphatic rings. The van der Waals surface area contributed by atoms with Gasteiger partial charge in [0.2, 0.25) is 0 Å². The van der Waals surface area contributed by atoms with Crippen molar-refractivity contribution in [3.8, 4) is 5.69 Å². The molecule has 25 heavy (non-hydrogen) atoms. The highest BCUT2D eigenvalue weighted by molar-refractivity contribution is 5.94. The molecule has 2 heterocycles. The molecule has 0 radical (unpaired) electrons. The summed E-state index contributed by atoms with van der Waals surface area (Å²) in [5.41, 5.74) is 1.72. The first-order valence-corrected chi connectivity index (χ1v) is 8.08. The Kier molecular flexibility index (Phi) is 5.08. The number of hydrogen-bond donors (Lipinski definition) is 1. The molecule has 1 aromatic carbocycles. The van der Waals surface area contributed by atoms with Crippen LogP contribution in [0.25, 0.3) is 5.69 Å². The van der Waals surface area contributed by atoms with Gasteiger partial charge in [-0.3, -0.25) is 9.59 Å². The normalized spacial score (nSPS) is 17.0. The van der Waals surface area contributed by atoms with Gasteiger partial charge in [-0.25, -0.2) is 4.68 Å². The first-order valence-electron chi connectivity index (χ1n) is 8.08. The zero-order valence-electron chi connectivity index (χ0n) is 14.0. The number of methoxy groups -OCH3 is 1. The van der Waals surface area contributed by atoms with Gasteiger partial charge >= 0.3 is 5.97 Å². The van der Waals surface area contributed by atoms with Crippen molar-refractivity contribution in [3.05, 3.63) is 41.7 Å². The molecule has 0 aliphatic carbocycles. The third kappa shape index (κ3) is 4.03. The second-order valence-corrected chi connectivity index (χ2v) is 6.13. The van der Waals surface area contributed by atoms with Gasteiger partial charge in [-0.05, 0) is 30.7 Å². The van der Waals surface area contributed by atoms with Crippen LogP contribution in [0.2, 0.25) is 0 Å². The number of hydrogen-bond acceptors (Lipinski definition) is 5. The average Bonchev–Trinajstić information content (AvgIpc) is 3.24. The van der Waals surface area contributed by atoms with Crippen LogP contribution in [-0.2, 0) is 16.0 Å². The van der Waals surface area contributed by atoms with E-state index in [1.807, 2.05) is 4.90 Å². The Bertz CT molecular complexity index is 756. The van der Waals surface area contributed by atoms with Crippen LogP contribution in [0, 0.1) is 5.92 Å². The smallest absolute Gasteiger partial charge is 0.309 e. The predicted octanol–water partition coefficient (Wildman–Crippen LogP) is 1.00. The largest absolute Gasteiger partial charge is 0.481 e. The lowest BCUT2D eigenvalue weighted by Gasteiger charge is -2.16. The van der Waals surface area contributed by atoms with Gasteiger partial charge < -0.3 is 14.7 Å². The van der Waals surface area contributed by atoms with E-state index in [1.54, 1.807) is 37.6 Å². The predicted molar refractivity (Wildman–Crippen MR) is 88.6 cm³/mol. The summed E-state index contributed by atoms with van der Waals surface area (Å²) in [6, 6.07) is 7.05. The highest BCUT2D eigenvalue weighted by atomic mass is 16.5. The van der Waals surface area contributed by atoms with E-state index in [0.29, 0.717) is 23.8 Å². The summed E-state index contributed by atoms with van der Waals surface area (Å²) >= 11 is 0. The Labute approximate surface area is 145 Å². The third-order valence-electron chi connectivity index (χ3n) is 4.23. The van der Waals surface area contributed by atoms with Crippen molar-refractivity contribution in [2.24, 2.45) is 5.92 Å². The number of carbonyl (C=O) groups is 2. The van der Waals surface area contributed by atoms with Crippen LogP contribution in [0.3, 0.4) is 0 Å². The van der Waals surface area contributed by atoms with Crippen molar-refractivity contribution in [2.45, 2.75) is 12.8 Å². The maximum absolute atomic E-state index is 12.6. The van der Waals surface area contributed by atoms with E-state index in [9.17, 15) is 9.59 Å². The van der Waals surface area contributed by atoms with Crippen molar-refractivity contribution >= 4 is 11.9 Å². The van der Waals surface area contributed by atoms with Crippen molar-refractivity contribution in [1.29, 1.82) is 0 Å². The van der Waals surface area contributed by atoms with E-state index >= 15 is 0 Å². The van der Waals surface area contributed by atoms with Crippen molar-refractivity contribution in [2.75, 3.05) is 26.8 Å². The first-order chi connectivity index (χ1) is 12.1. The molecule has 1 aliphatic heterocycles. The molecule has 2 aromatic rings. The fraction of sp³-hybridized carbons (Fsp3) is 0.412. The van der Waals surface area contributed by atoms with Crippen molar-refractivity contribution in [1.82, 2.24) is 19.9 Å². The van der Waals surface area contributed by atoms with Gasteiger partial charge in [0.15, 0.2) is 0 Å². The molecule has 1 fully saturated rings. The maximum atomic E-state index is 12.6. The molecule has 0 saturated carbocycles. The van der Waals surface area contributed by atoms with Crippen LogP contribution < -0.4 is 0 Å². The molecular formula is C17H20N4O4. The molecule has 132 valence electrons. The quantitative estimate of drug-likeness (QED) is 0.840. The van der Waals surface area contributed by atoms with Crippen LogP contribution >= 0.6 is 0 Å². The molecule has 1 atom stereocenters. The molecule has 1 aromatic heterocycles. The van der Waals surface area contributed by atoms with Gasteiger partial charge in [-0.15, -0.1) is 5.10 Å². The van der Waals surface area contributed by atoms with E-state index < -0.39 is 5.97 Å². The molecule has 1 N–H and O–H groups in total. The summed E-state index contributed by atoms with van der Waals surface area (Å²) in [5.74, 6) is -0.545. The number of aromatic nitrogens is 3. The fourth-order valence-electron chi connectivity index (χ4n) is 2.99. The second kappa shape index (κ2) is 7.43. The van der Waals surface area contributed by atoms with Crippen LogP contribution in [-0.4, -0.2) is 63.7 Å². The topological polar surface area (TPSA) is 97.5 Å². The minimum atomic E-state index is -0.953. The van der Waals surface area contributed by atoms with Gasteiger partial charge in [0, 0.05) is 31.7 Å². The lowest BCUT2D eigenvalue weighted by Crippen LogP contribution is -2.29. The van der Waals surface area contributed by atoms with E-state index in [1.165, 1.54) is 4.68 Å². The Morgan fingerprint density at radius 3 is 2.76 bits per heavy atom. The van der Waals surface area contributed by atoms with Crippen LogP contribution in [0.5, 0.6) is 0 Å². The summed E-state index contributed by atoms with van der Waals surface area (Å²) in [4.78, 5) is 25.1. The number of nitrogens with zero attached hydrogens (tertiary/aromatic N) is 4. The Morgan fingerprint density at radius 2 is 2.08 bits per heavy atom. The van der Waals surface area contributed by atoms with Crippen LogP contribution in [0.1, 0.15) is 22.5 Å². The van der Waals surface area contributed by atoms with Gasteiger partial charge in [0.25, 0.3) is 5.91 Å². The number of carboxylic acid groups (broad SMARTS) is 1. The number of ether oxygens (including phenoxy) is 1. The van der Waals surface area contributed by atoms with E-state index in [0.717, 1.165) is 25.2 Å². The number of carboxylic acids is 1. The maximum Gasteiger partial charge on any atom is 0.309 e. The molecule has 0 spiro atoms. The number of likely N-dealkylation sites (tertiary alicyclic amines) is 1. The molecule has 1 saturated heterocycles. The van der Waals surface area contributed by atoms with E-state index in [2.05, 4.69) is 10.3 Å². The standard InChI is InChI=1S/C17H20N4O4/c1-25-11-12-6-7-20(9-12)17(24)13-2-4-15(5-3-13)21-10-14(18-19-21)8-16(22)23/h2-5,10,12H,6-9,11H2,1H3,(H,22,23)/t12-/m1/s1. The average molecular weight is 344 g/mol. The summed E-state index contributed by atoms with van der Waals surface area (Å²) in [6.07, 6.45) is 2.36. The number of carbonyl (C=O) groups excluding carboxylic acids is 1. The second-order valence-electron chi connectivity index (χ2n) is 6.13. The van der Waals surface area contributed by atoms with E-state index in [-0.39, 0.29) is 12.3 Å². The summed E-state index contributed by atoms with van der Waals surface area (Å²) < 4.78 is 6.66. The summed E-state index contributed by atoms with van der Waals surface area (Å²) in [7, 11) is 1.68. The van der Waals surface area contributed by atoms with Crippen molar-refractivity contribution < 1.29 is 19.4 Å². The molecule has 8 nitrogen and oxygen atoms in total. The highest BCUT2D eigenvalue weighted by Crippen LogP contribution is 2.19. The lowest BCUT2D eigenvalue weighted by molar-refractivity contribution is -0.136. The Morgan fingerprint density at radius 1 is 1.32 bits per heavy atom. The van der Waals surface area contributed by atoms with E-state index in [4.69, 9.17) is 9.84 Å². The molecular weight excluding hydrogens is 324 g/mol. The van der Waals surface area contributed by atoms with Gasteiger partial charge in [-0.2, -0.15) is 0 Å². The molecule has 8 heteroatoms. The number of aliphatic carboxylic acids is 1. The zero-order valence-corrected chi connectivity index (χ0v) is 14.0. The minimum Gasteiger partial charge on any atom is -0.481 e. The minimum absolute atomic E-state index is 0.00955. The third-order valence-corrected chi connectivity index (χ3v) is 4.23. The van der Waals surface area contributed by atoms with Crippen LogP contribution in [0.15, 0.2) is 30.5 Å². The Hall–Kier alpha value is -2.74. The number of rotatable bonds is 6. The molecule has 0 unspecified atom stereocenters. The highest BCUT2D eigenvalue weighted by Gasteiger charge is 2.26. The monoisotopic (exact) mass is 344 g/mol. The Balaban J connectivity index is 1.67. The van der Waals surface area contributed by atoms with Gasteiger partial charge in [0.05, 0.1) is 30.6 Å². The zero-order chi connectivity index (χ0) is 17.8. The van der Waals surface area contributed by atoms with Crippen LogP contribution in [0.4, 0.5) is 0 Å². The fourth-order valence-corrected chi connectivity index (χ4v) is 2.99. The van der Waals surface area contributed by atoms with Gasteiger partial charge in [0.1, 0.15) is 0 Å². The summed E-state index contributed by atoms with van der Waals surface area (Å²) in [5, 5.41) is 16.5. The first kappa shape index (κ1) is 17.1. The van der Waals surface area contributed by atoms with Gasteiger partial charge in [-0.1, -0.05) is 5.21 Å². The molecule has 3 rings (SSSR count). The molecule has 0 bridgehead atoms. The molecule has 1 amide bonds. The lowest BCUT2D eigenvalue weighted by atomic mass is 10.1. The number of amides is 1. The van der Waals surface area contributed by atoms with Crippen molar-refractivity contribution in [3.63, 3.8) is 0 Å². The number of benzene rings is 1. The summed E-state index contributed by atoms with van der Waals surface area (Å²) in [6.45, 7) is 2.14. The SMILES string of the molecule is COC[C@@H]1CCN(C(=O)c2ccc(-n3cc(CC(=O)O)nn3)cc2)C1.